The molecule has 0 radical (unpaired) electrons. The molecule has 7 heteroatoms. The van der Waals surface area contributed by atoms with Crippen LogP contribution in [0, 0.1) is 0 Å². The van der Waals surface area contributed by atoms with Crippen LogP contribution in [-0.4, -0.2) is 68.0 Å². The van der Waals surface area contributed by atoms with Crippen LogP contribution in [0.1, 0.15) is 26.0 Å². The van der Waals surface area contributed by atoms with Crippen molar-refractivity contribution in [3.05, 3.63) is 23.5 Å². The number of hydrogen-bond acceptors (Lipinski definition) is 6. The van der Waals surface area contributed by atoms with Crippen LogP contribution < -0.4 is 0 Å². The van der Waals surface area contributed by atoms with Gasteiger partial charge in [-0.15, -0.1) is 11.3 Å². The Morgan fingerprint density at radius 1 is 1.42 bits per heavy atom. The smallest absolute Gasteiger partial charge is 0.126 e. The van der Waals surface area contributed by atoms with Crippen molar-refractivity contribution in [1.29, 1.82) is 0 Å². The number of aromatic nitrogens is 3. The van der Waals surface area contributed by atoms with Crippen LogP contribution in [0.25, 0.3) is 10.6 Å². The summed E-state index contributed by atoms with van der Waals surface area (Å²) < 4.78 is 1.81. The Hall–Kier alpha value is -1.28. The summed E-state index contributed by atoms with van der Waals surface area (Å²) >= 11 is 1.69. The third kappa shape index (κ3) is 4.22. The fourth-order valence-corrected chi connectivity index (χ4v) is 4.13. The number of aliphatic hydroxyl groups is 1. The van der Waals surface area contributed by atoms with Crippen molar-refractivity contribution >= 4 is 11.3 Å². The Morgan fingerprint density at radius 3 is 2.92 bits per heavy atom. The molecule has 1 N–H and O–H groups in total. The van der Waals surface area contributed by atoms with Gasteiger partial charge in [0.25, 0.3) is 0 Å². The Morgan fingerprint density at radius 2 is 2.25 bits per heavy atom. The Labute approximate surface area is 147 Å². The van der Waals surface area contributed by atoms with Gasteiger partial charge in [-0.25, -0.2) is 4.98 Å². The van der Waals surface area contributed by atoms with Crippen molar-refractivity contribution in [2.45, 2.75) is 39.0 Å². The maximum absolute atomic E-state index is 9.66. The van der Waals surface area contributed by atoms with Crippen molar-refractivity contribution in [3.8, 4) is 10.6 Å². The molecule has 0 amide bonds. The second-order valence-electron chi connectivity index (χ2n) is 6.69. The highest BCUT2D eigenvalue weighted by Crippen LogP contribution is 2.24. The first-order valence-corrected chi connectivity index (χ1v) is 9.51. The third-order valence-electron chi connectivity index (χ3n) is 4.55. The average Bonchev–Trinajstić information content (AvgIpc) is 3.17. The van der Waals surface area contributed by atoms with E-state index >= 15 is 0 Å². The molecule has 2 aromatic heterocycles. The quantitative estimate of drug-likeness (QED) is 0.862. The molecule has 24 heavy (non-hydrogen) atoms. The summed E-state index contributed by atoms with van der Waals surface area (Å²) in [5, 5.41) is 17.1. The molecular formula is C17H27N5OS. The van der Waals surface area contributed by atoms with E-state index < -0.39 is 0 Å². The van der Waals surface area contributed by atoms with Crippen LogP contribution >= 0.6 is 11.3 Å². The first kappa shape index (κ1) is 17.5. The third-order valence-corrected chi connectivity index (χ3v) is 5.49. The minimum Gasteiger partial charge on any atom is -0.392 e. The minimum atomic E-state index is -0.258. The highest BCUT2D eigenvalue weighted by molar-refractivity contribution is 7.13. The lowest BCUT2D eigenvalue weighted by molar-refractivity contribution is 0.0334. The van der Waals surface area contributed by atoms with Crippen molar-refractivity contribution < 1.29 is 5.11 Å². The van der Waals surface area contributed by atoms with Gasteiger partial charge in [0.1, 0.15) is 5.01 Å². The first-order chi connectivity index (χ1) is 11.5. The van der Waals surface area contributed by atoms with E-state index in [0.717, 1.165) is 55.4 Å². The Kier molecular flexibility index (Phi) is 5.65. The molecule has 0 spiro atoms. The lowest BCUT2D eigenvalue weighted by atomic mass is 10.1. The molecule has 0 saturated carbocycles. The molecule has 1 saturated heterocycles. The van der Waals surface area contributed by atoms with Gasteiger partial charge in [0.05, 0.1) is 18.0 Å². The summed E-state index contributed by atoms with van der Waals surface area (Å²) in [4.78, 5) is 9.68. The zero-order valence-corrected chi connectivity index (χ0v) is 15.5. The summed E-state index contributed by atoms with van der Waals surface area (Å²) in [6.07, 6.45) is 4.72. The molecule has 2 aromatic rings. The van der Waals surface area contributed by atoms with Crippen molar-refractivity contribution in [2.75, 3.05) is 26.2 Å². The minimum absolute atomic E-state index is 0.258. The second-order valence-corrected chi connectivity index (χ2v) is 7.55. The standard InChI is InChI=1S/C17H27N5OS/c1-4-16-11-21(5-6-22(16)8-13(2)23)10-15-12-24-17(19-15)14-7-18-20(3)9-14/h7,9,12-13,16,23H,4-6,8,10-11H2,1-3H3/t13-,16-/m0/s1. The summed E-state index contributed by atoms with van der Waals surface area (Å²) in [7, 11) is 1.93. The van der Waals surface area contributed by atoms with E-state index in [2.05, 4.69) is 27.2 Å². The number of aryl methyl sites for hydroxylation is 1. The fourth-order valence-electron chi connectivity index (χ4n) is 3.34. The summed E-state index contributed by atoms with van der Waals surface area (Å²) in [6.45, 7) is 8.86. The van der Waals surface area contributed by atoms with Gasteiger partial charge in [0.2, 0.25) is 0 Å². The van der Waals surface area contributed by atoms with Crippen LogP contribution in [0.4, 0.5) is 0 Å². The molecule has 0 aromatic carbocycles. The van der Waals surface area contributed by atoms with Gasteiger partial charge >= 0.3 is 0 Å². The van der Waals surface area contributed by atoms with Gasteiger partial charge in [-0.05, 0) is 13.3 Å². The highest BCUT2D eigenvalue weighted by Gasteiger charge is 2.26. The van der Waals surface area contributed by atoms with Crippen LogP contribution in [0.2, 0.25) is 0 Å². The first-order valence-electron chi connectivity index (χ1n) is 8.63. The molecule has 2 atom stereocenters. The van der Waals surface area contributed by atoms with Crippen molar-refractivity contribution in [1.82, 2.24) is 24.6 Å². The van der Waals surface area contributed by atoms with Gasteiger partial charge in [-0.1, -0.05) is 6.92 Å². The molecular weight excluding hydrogens is 322 g/mol. The SMILES string of the molecule is CC[C@H]1CN(Cc2csc(-c3cnn(C)c3)n2)CCN1C[C@H](C)O. The number of thiazole rings is 1. The van der Waals surface area contributed by atoms with Crippen molar-refractivity contribution in [2.24, 2.45) is 7.05 Å². The molecule has 3 rings (SSSR count). The number of rotatable bonds is 6. The normalized spacial score (nSPS) is 21.2. The molecule has 1 aliphatic heterocycles. The summed E-state index contributed by atoms with van der Waals surface area (Å²) in [5.41, 5.74) is 2.22. The molecule has 132 valence electrons. The lowest BCUT2D eigenvalue weighted by Gasteiger charge is -2.41. The largest absolute Gasteiger partial charge is 0.392 e. The Balaban J connectivity index is 1.60. The number of hydrogen-bond donors (Lipinski definition) is 1. The van der Waals surface area contributed by atoms with E-state index in [1.807, 2.05) is 31.0 Å². The maximum Gasteiger partial charge on any atom is 0.126 e. The van der Waals surface area contributed by atoms with Crippen LogP contribution in [0.3, 0.4) is 0 Å². The monoisotopic (exact) mass is 349 g/mol. The lowest BCUT2D eigenvalue weighted by Crippen LogP contribution is -2.54. The van der Waals surface area contributed by atoms with E-state index in [1.54, 1.807) is 11.3 Å². The number of aliphatic hydroxyl groups excluding tert-OH is 1. The highest BCUT2D eigenvalue weighted by atomic mass is 32.1. The zero-order valence-electron chi connectivity index (χ0n) is 14.7. The Bertz CT molecular complexity index is 653. The van der Waals surface area contributed by atoms with E-state index in [9.17, 15) is 5.11 Å². The molecule has 3 heterocycles. The molecule has 6 nitrogen and oxygen atoms in total. The average molecular weight is 350 g/mol. The maximum atomic E-state index is 9.66. The van der Waals surface area contributed by atoms with Crippen LogP contribution in [0.15, 0.2) is 17.8 Å². The second kappa shape index (κ2) is 7.74. The molecule has 1 aliphatic rings. The molecule has 1 fully saturated rings. The van der Waals surface area contributed by atoms with E-state index in [4.69, 9.17) is 4.98 Å². The molecule has 0 bridgehead atoms. The van der Waals surface area contributed by atoms with E-state index in [-0.39, 0.29) is 6.10 Å². The predicted molar refractivity (Wildman–Crippen MR) is 96.9 cm³/mol. The molecule has 0 aliphatic carbocycles. The van der Waals surface area contributed by atoms with Crippen molar-refractivity contribution in [3.63, 3.8) is 0 Å². The molecule has 0 unspecified atom stereocenters. The van der Waals surface area contributed by atoms with E-state index in [0.29, 0.717) is 6.04 Å². The number of piperazine rings is 1. The fraction of sp³-hybridized carbons (Fsp3) is 0.647. The van der Waals surface area contributed by atoms with Gasteiger partial charge in [0, 0.05) is 63.0 Å². The predicted octanol–water partition coefficient (Wildman–Crippen LogP) is 1.82. The summed E-state index contributed by atoms with van der Waals surface area (Å²) in [5.74, 6) is 0. The van der Waals surface area contributed by atoms with Crippen LogP contribution in [0.5, 0.6) is 0 Å². The summed E-state index contributed by atoms with van der Waals surface area (Å²) in [6, 6.07) is 0.518. The zero-order chi connectivity index (χ0) is 17.1. The van der Waals surface area contributed by atoms with Gasteiger partial charge in [0.15, 0.2) is 0 Å². The number of β-amino-alcohol motifs (C(OH)–C–C–N with tert-alkyl or cyclic N) is 1. The topological polar surface area (TPSA) is 57.4 Å². The van der Waals surface area contributed by atoms with Gasteiger partial charge in [-0.3, -0.25) is 14.5 Å². The van der Waals surface area contributed by atoms with Gasteiger partial charge in [-0.2, -0.15) is 5.10 Å². The van der Waals surface area contributed by atoms with Crippen LogP contribution in [-0.2, 0) is 13.6 Å². The van der Waals surface area contributed by atoms with E-state index in [1.165, 1.54) is 0 Å². The number of nitrogens with zero attached hydrogens (tertiary/aromatic N) is 5. The van der Waals surface area contributed by atoms with Gasteiger partial charge < -0.3 is 5.11 Å².